The van der Waals surface area contributed by atoms with Gasteiger partial charge in [0.15, 0.2) is 9.84 Å². The molecule has 0 aliphatic rings. The molecule has 0 radical (unpaired) electrons. The number of thiophene rings is 1. The Morgan fingerprint density at radius 1 is 1.18 bits per heavy atom. The Bertz CT molecular complexity index is 753. The molecule has 0 fully saturated rings. The topological polar surface area (TPSA) is 83.5 Å². The number of nitrogens with one attached hydrogen (secondary N) is 1. The third-order valence-corrected chi connectivity index (χ3v) is 5.83. The highest BCUT2D eigenvalue weighted by Gasteiger charge is 2.13. The van der Waals surface area contributed by atoms with Gasteiger partial charge >= 0.3 is 0 Å². The van der Waals surface area contributed by atoms with Crippen LogP contribution >= 0.6 is 22.9 Å². The van der Waals surface area contributed by atoms with Gasteiger partial charge in [-0.05, 0) is 29.8 Å². The summed E-state index contributed by atoms with van der Waals surface area (Å²) in [4.78, 5) is 12.5. The molecule has 1 amide bonds. The van der Waals surface area contributed by atoms with Crippen molar-refractivity contribution in [3.8, 4) is 0 Å². The lowest BCUT2D eigenvalue weighted by Gasteiger charge is -2.06. The van der Waals surface area contributed by atoms with Crippen LogP contribution in [-0.2, 0) is 16.4 Å². The fraction of sp³-hybridized carbons (Fsp3) is 0.214. The van der Waals surface area contributed by atoms with Crippen molar-refractivity contribution in [1.82, 2.24) is 5.32 Å². The first kappa shape index (κ1) is 17.0. The average molecular weight is 360 g/mol. The number of aliphatic hydroxyl groups excluding tert-OH is 1. The van der Waals surface area contributed by atoms with E-state index in [0.29, 0.717) is 9.21 Å². The van der Waals surface area contributed by atoms with Gasteiger partial charge in [-0.1, -0.05) is 23.7 Å². The van der Waals surface area contributed by atoms with Crippen molar-refractivity contribution in [3.63, 3.8) is 0 Å². The van der Waals surface area contributed by atoms with Gasteiger partial charge in [0, 0.05) is 6.54 Å². The lowest BCUT2D eigenvalue weighted by Crippen LogP contribution is -2.21. The Balaban J connectivity index is 1.98. The molecular weight excluding hydrogens is 346 g/mol. The molecule has 5 nitrogen and oxygen atoms in total. The first-order chi connectivity index (χ1) is 10.4. The van der Waals surface area contributed by atoms with E-state index in [-0.39, 0.29) is 23.1 Å². The zero-order valence-electron chi connectivity index (χ0n) is 11.5. The van der Waals surface area contributed by atoms with Crippen molar-refractivity contribution in [1.29, 1.82) is 0 Å². The molecule has 1 heterocycles. The van der Waals surface area contributed by atoms with E-state index in [1.54, 1.807) is 24.3 Å². The molecule has 2 aromatic rings. The summed E-state index contributed by atoms with van der Waals surface area (Å²) in [6, 6.07) is 9.50. The lowest BCUT2D eigenvalue weighted by molar-refractivity contribution is 0.0955. The molecule has 0 atom stereocenters. The Morgan fingerprint density at radius 3 is 2.41 bits per heavy atom. The normalized spacial score (nSPS) is 11.4. The fourth-order valence-corrected chi connectivity index (χ4v) is 3.74. The van der Waals surface area contributed by atoms with Crippen LogP contribution in [-0.4, -0.2) is 31.8 Å². The number of benzene rings is 1. The first-order valence-electron chi connectivity index (χ1n) is 6.38. The third-order valence-electron chi connectivity index (χ3n) is 2.89. The summed E-state index contributed by atoms with van der Waals surface area (Å²) in [6.07, 6.45) is 0. The first-order valence-corrected chi connectivity index (χ1v) is 9.23. The van der Waals surface area contributed by atoms with Crippen LogP contribution in [0.25, 0.3) is 0 Å². The molecule has 0 unspecified atom stereocenters. The van der Waals surface area contributed by atoms with Crippen molar-refractivity contribution in [3.05, 3.63) is 51.2 Å². The van der Waals surface area contributed by atoms with Crippen molar-refractivity contribution in [2.24, 2.45) is 0 Å². The second kappa shape index (κ2) is 7.23. The standard InChI is InChI=1S/C14H14ClNO4S2/c15-13-6-5-12(21-13)14(18)16-9-10-1-3-11(4-2-10)22(19,20)8-7-17/h1-6,17H,7-9H2,(H,16,18). The second-order valence-electron chi connectivity index (χ2n) is 4.47. The molecule has 1 aromatic heterocycles. The van der Waals surface area contributed by atoms with Gasteiger partial charge in [-0.25, -0.2) is 8.42 Å². The third kappa shape index (κ3) is 4.30. The summed E-state index contributed by atoms with van der Waals surface area (Å²) in [6.45, 7) is -0.127. The predicted molar refractivity (Wildman–Crippen MR) is 86.1 cm³/mol. The summed E-state index contributed by atoms with van der Waals surface area (Å²) < 4.78 is 24.1. The van der Waals surface area contributed by atoms with E-state index >= 15 is 0 Å². The molecule has 0 aliphatic heterocycles. The van der Waals surface area contributed by atoms with E-state index in [9.17, 15) is 13.2 Å². The minimum absolute atomic E-state index is 0.154. The molecule has 0 saturated carbocycles. The number of halogens is 1. The van der Waals surface area contributed by atoms with Gasteiger partial charge in [0.1, 0.15) is 0 Å². The zero-order chi connectivity index (χ0) is 16.2. The van der Waals surface area contributed by atoms with E-state index in [1.165, 1.54) is 23.5 Å². The maximum atomic E-state index is 11.9. The van der Waals surface area contributed by atoms with Crippen molar-refractivity contribution >= 4 is 38.7 Å². The average Bonchev–Trinajstić information content (AvgIpc) is 2.92. The van der Waals surface area contributed by atoms with E-state index in [2.05, 4.69) is 5.32 Å². The van der Waals surface area contributed by atoms with Crippen molar-refractivity contribution < 1.29 is 18.3 Å². The number of carbonyl (C=O) groups is 1. The van der Waals surface area contributed by atoms with Gasteiger partial charge in [-0.2, -0.15) is 0 Å². The van der Waals surface area contributed by atoms with Gasteiger partial charge < -0.3 is 10.4 Å². The molecule has 2 N–H and O–H groups in total. The Labute approximate surface area is 137 Å². The van der Waals surface area contributed by atoms with Crippen LogP contribution in [0.4, 0.5) is 0 Å². The highest BCUT2D eigenvalue weighted by molar-refractivity contribution is 7.91. The van der Waals surface area contributed by atoms with Gasteiger partial charge in [0.05, 0.1) is 26.5 Å². The van der Waals surface area contributed by atoms with Gasteiger partial charge in [0.2, 0.25) is 0 Å². The predicted octanol–water partition coefficient (Wildman–Crippen LogP) is 2.10. The number of hydrogen-bond acceptors (Lipinski definition) is 5. The van der Waals surface area contributed by atoms with Crippen LogP contribution in [0, 0.1) is 0 Å². The molecular formula is C14H14ClNO4S2. The number of hydrogen-bond donors (Lipinski definition) is 2. The van der Waals surface area contributed by atoms with Crippen molar-refractivity contribution in [2.75, 3.05) is 12.4 Å². The number of amides is 1. The van der Waals surface area contributed by atoms with Crippen LogP contribution in [0.15, 0.2) is 41.3 Å². The molecule has 1 aromatic carbocycles. The maximum Gasteiger partial charge on any atom is 0.261 e. The molecule has 8 heteroatoms. The monoisotopic (exact) mass is 359 g/mol. The minimum atomic E-state index is -3.45. The van der Waals surface area contributed by atoms with E-state index in [4.69, 9.17) is 16.7 Å². The Morgan fingerprint density at radius 2 is 1.86 bits per heavy atom. The van der Waals surface area contributed by atoms with E-state index in [0.717, 1.165) is 5.56 Å². The van der Waals surface area contributed by atoms with E-state index in [1.807, 2.05) is 0 Å². The molecule has 118 valence electrons. The van der Waals surface area contributed by atoms with Crippen LogP contribution in [0.3, 0.4) is 0 Å². The molecule has 0 spiro atoms. The van der Waals surface area contributed by atoms with Gasteiger partial charge in [0.25, 0.3) is 5.91 Å². The summed E-state index contributed by atoms with van der Waals surface area (Å²) >= 11 is 6.96. The molecule has 2 rings (SSSR count). The number of aliphatic hydroxyl groups is 1. The molecule has 0 bridgehead atoms. The number of rotatable bonds is 6. The summed E-state index contributed by atoms with van der Waals surface area (Å²) in [5.74, 6) is -0.531. The fourth-order valence-electron chi connectivity index (χ4n) is 1.76. The summed E-state index contributed by atoms with van der Waals surface area (Å²) in [5.41, 5.74) is 0.777. The molecule has 0 saturated heterocycles. The Kier molecular flexibility index (Phi) is 5.57. The molecule has 22 heavy (non-hydrogen) atoms. The second-order valence-corrected chi connectivity index (χ2v) is 8.30. The van der Waals surface area contributed by atoms with Crippen LogP contribution in [0.5, 0.6) is 0 Å². The van der Waals surface area contributed by atoms with Crippen LogP contribution in [0.1, 0.15) is 15.2 Å². The van der Waals surface area contributed by atoms with Gasteiger partial charge in [-0.3, -0.25) is 4.79 Å². The quantitative estimate of drug-likeness (QED) is 0.827. The minimum Gasteiger partial charge on any atom is -0.395 e. The zero-order valence-corrected chi connectivity index (χ0v) is 13.8. The maximum absolute atomic E-state index is 11.9. The smallest absolute Gasteiger partial charge is 0.261 e. The SMILES string of the molecule is O=C(NCc1ccc(S(=O)(=O)CCO)cc1)c1ccc(Cl)s1. The summed E-state index contributed by atoms with van der Waals surface area (Å²) in [7, 11) is -3.45. The van der Waals surface area contributed by atoms with Crippen LogP contribution < -0.4 is 5.32 Å². The lowest BCUT2D eigenvalue weighted by atomic mass is 10.2. The largest absolute Gasteiger partial charge is 0.395 e. The Hall–Kier alpha value is -1.41. The number of carbonyl (C=O) groups excluding carboxylic acids is 1. The molecule has 0 aliphatic carbocycles. The van der Waals surface area contributed by atoms with Crippen LogP contribution in [0.2, 0.25) is 4.34 Å². The van der Waals surface area contributed by atoms with Gasteiger partial charge in [-0.15, -0.1) is 11.3 Å². The number of sulfone groups is 1. The highest BCUT2D eigenvalue weighted by atomic mass is 35.5. The highest BCUT2D eigenvalue weighted by Crippen LogP contribution is 2.21. The summed E-state index contributed by atoms with van der Waals surface area (Å²) in [5, 5.41) is 11.5. The van der Waals surface area contributed by atoms with Crippen molar-refractivity contribution in [2.45, 2.75) is 11.4 Å². The van der Waals surface area contributed by atoms with E-state index < -0.39 is 16.4 Å².